The van der Waals surface area contributed by atoms with Crippen molar-refractivity contribution in [3.8, 4) is 0 Å². The number of rotatable bonds is 16. The molecule has 3 aromatic rings. The molecule has 0 spiro atoms. The molecule has 3 aromatic carbocycles. The third-order valence-corrected chi connectivity index (χ3v) is 7.40. The SMILES string of the molecule is CCCN(CC)C(=O)c1cc(CN(C)C)cc(C(=O)NC(Cc2cc(F)cc(F)c2)C(O)CNCc2cccc(CC)c2)c1. The number of benzene rings is 3. The molecule has 2 unspecified atom stereocenters. The van der Waals surface area contributed by atoms with Crippen LogP contribution in [0.5, 0.6) is 0 Å². The van der Waals surface area contributed by atoms with E-state index in [0.29, 0.717) is 37.3 Å². The molecule has 7 nitrogen and oxygen atoms in total. The van der Waals surface area contributed by atoms with Crippen molar-refractivity contribution in [1.29, 1.82) is 0 Å². The number of nitrogens with zero attached hydrogens (tertiary/aromatic N) is 2. The number of hydrogen-bond acceptors (Lipinski definition) is 5. The van der Waals surface area contributed by atoms with Gasteiger partial charge in [-0.25, -0.2) is 8.78 Å². The summed E-state index contributed by atoms with van der Waals surface area (Å²) in [5.74, 6) is -2.12. The number of aryl methyl sites for hydroxylation is 1. The lowest BCUT2D eigenvalue weighted by Crippen LogP contribution is -2.48. The summed E-state index contributed by atoms with van der Waals surface area (Å²) in [6, 6.07) is 15.5. The van der Waals surface area contributed by atoms with Gasteiger partial charge in [0.25, 0.3) is 11.8 Å². The van der Waals surface area contributed by atoms with E-state index in [2.05, 4.69) is 29.7 Å². The van der Waals surface area contributed by atoms with E-state index in [1.165, 1.54) is 17.7 Å². The molecule has 9 heteroatoms. The van der Waals surface area contributed by atoms with Gasteiger partial charge in [0.2, 0.25) is 0 Å². The highest BCUT2D eigenvalue weighted by molar-refractivity contribution is 6.00. The van der Waals surface area contributed by atoms with Crippen LogP contribution in [0.3, 0.4) is 0 Å². The molecule has 0 bridgehead atoms. The van der Waals surface area contributed by atoms with E-state index in [0.717, 1.165) is 30.0 Å². The average Bonchev–Trinajstić information content (AvgIpc) is 2.98. The van der Waals surface area contributed by atoms with Crippen LogP contribution in [0.25, 0.3) is 0 Å². The first-order valence-electron chi connectivity index (χ1n) is 15.3. The van der Waals surface area contributed by atoms with Gasteiger partial charge in [0.15, 0.2) is 0 Å². The summed E-state index contributed by atoms with van der Waals surface area (Å²) in [7, 11) is 3.80. The lowest BCUT2D eigenvalue weighted by molar-refractivity contribution is 0.0764. The summed E-state index contributed by atoms with van der Waals surface area (Å²) in [5, 5.41) is 17.4. The van der Waals surface area contributed by atoms with Gasteiger partial charge in [-0.15, -0.1) is 0 Å². The van der Waals surface area contributed by atoms with Crippen LogP contribution in [0.1, 0.15) is 70.2 Å². The zero-order chi connectivity index (χ0) is 32.2. The van der Waals surface area contributed by atoms with Crippen LogP contribution in [0.4, 0.5) is 8.78 Å². The quantitative estimate of drug-likeness (QED) is 0.214. The van der Waals surface area contributed by atoms with Crippen molar-refractivity contribution < 1.29 is 23.5 Å². The Bertz CT molecular complexity index is 1380. The molecule has 0 aliphatic heterocycles. The smallest absolute Gasteiger partial charge is 0.253 e. The van der Waals surface area contributed by atoms with Crippen LogP contribution in [0.15, 0.2) is 60.7 Å². The standard InChI is InChI=1S/C35H46F2N4O3/c1-6-12-41(8-3)35(44)29-15-27(23-40(4)5)14-28(19-29)34(43)39-32(18-26-16-30(36)20-31(37)17-26)33(42)22-38-21-25-11-9-10-24(7-2)13-25/h9-11,13-17,19-20,32-33,38,42H,6-8,12,18,21-23H2,1-5H3,(H,39,43). The van der Waals surface area contributed by atoms with Crippen molar-refractivity contribution in [1.82, 2.24) is 20.4 Å². The second-order valence-corrected chi connectivity index (χ2v) is 11.5. The minimum atomic E-state index is -1.08. The van der Waals surface area contributed by atoms with Crippen molar-refractivity contribution in [3.63, 3.8) is 0 Å². The fourth-order valence-electron chi connectivity index (χ4n) is 5.24. The van der Waals surface area contributed by atoms with E-state index in [9.17, 15) is 23.5 Å². The molecule has 0 aliphatic rings. The lowest BCUT2D eigenvalue weighted by atomic mass is 9.99. The monoisotopic (exact) mass is 608 g/mol. The van der Waals surface area contributed by atoms with Gasteiger partial charge < -0.3 is 25.5 Å². The van der Waals surface area contributed by atoms with E-state index in [1.54, 1.807) is 23.1 Å². The Morgan fingerprint density at radius 1 is 0.864 bits per heavy atom. The number of nitrogens with one attached hydrogen (secondary N) is 2. The van der Waals surface area contributed by atoms with Crippen molar-refractivity contribution in [2.75, 3.05) is 33.7 Å². The van der Waals surface area contributed by atoms with Gasteiger partial charge in [0.1, 0.15) is 11.6 Å². The van der Waals surface area contributed by atoms with Crippen molar-refractivity contribution in [2.45, 2.75) is 65.3 Å². The number of aliphatic hydroxyl groups excluding tert-OH is 1. The van der Waals surface area contributed by atoms with E-state index < -0.39 is 29.7 Å². The maximum atomic E-state index is 14.0. The van der Waals surface area contributed by atoms with Gasteiger partial charge in [-0.2, -0.15) is 0 Å². The van der Waals surface area contributed by atoms with E-state index in [-0.39, 0.29) is 24.4 Å². The molecule has 0 radical (unpaired) electrons. The van der Waals surface area contributed by atoms with Crippen LogP contribution in [-0.4, -0.2) is 72.6 Å². The summed E-state index contributed by atoms with van der Waals surface area (Å²) < 4.78 is 28.1. The first-order valence-corrected chi connectivity index (χ1v) is 15.3. The van der Waals surface area contributed by atoms with Crippen LogP contribution < -0.4 is 10.6 Å². The van der Waals surface area contributed by atoms with Crippen molar-refractivity contribution in [2.24, 2.45) is 0 Å². The zero-order valence-electron chi connectivity index (χ0n) is 26.5. The molecule has 0 fully saturated rings. The fraction of sp³-hybridized carbons (Fsp3) is 0.429. The largest absolute Gasteiger partial charge is 0.390 e. The fourth-order valence-corrected chi connectivity index (χ4v) is 5.24. The molecule has 238 valence electrons. The topological polar surface area (TPSA) is 84.9 Å². The van der Waals surface area contributed by atoms with E-state index in [4.69, 9.17) is 0 Å². The van der Waals surface area contributed by atoms with Crippen molar-refractivity contribution in [3.05, 3.63) is 106 Å². The Kier molecular flexibility index (Phi) is 13.4. The highest BCUT2D eigenvalue weighted by Crippen LogP contribution is 2.17. The van der Waals surface area contributed by atoms with Gasteiger partial charge in [-0.05, 0) is 92.9 Å². The van der Waals surface area contributed by atoms with Gasteiger partial charge in [-0.1, -0.05) is 38.1 Å². The van der Waals surface area contributed by atoms with Gasteiger partial charge in [0, 0.05) is 49.9 Å². The number of carbonyl (C=O) groups is 2. The van der Waals surface area contributed by atoms with E-state index in [1.807, 2.05) is 45.0 Å². The molecule has 3 rings (SSSR count). The first kappa shape index (κ1) is 34.8. The molecule has 0 heterocycles. The summed E-state index contributed by atoms with van der Waals surface area (Å²) in [4.78, 5) is 30.7. The molecule has 3 N–H and O–H groups in total. The molecular formula is C35H46F2N4O3. The molecule has 0 aliphatic carbocycles. The average molecular weight is 609 g/mol. The highest BCUT2D eigenvalue weighted by Gasteiger charge is 2.24. The first-order chi connectivity index (χ1) is 21.0. The molecule has 2 atom stereocenters. The third kappa shape index (κ3) is 10.5. The molecule has 0 saturated heterocycles. The molecular weight excluding hydrogens is 562 g/mol. The second kappa shape index (κ2) is 17.0. The van der Waals surface area contributed by atoms with Crippen LogP contribution >= 0.6 is 0 Å². The highest BCUT2D eigenvalue weighted by atomic mass is 19.1. The van der Waals surface area contributed by atoms with Gasteiger partial charge >= 0.3 is 0 Å². The number of aliphatic hydroxyl groups is 1. The maximum Gasteiger partial charge on any atom is 0.253 e. The van der Waals surface area contributed by atoms with Gasteiger partial charge in [0.05, 0.1) is 12.1 Å². The molecule has 0 aromatic heterocycles. The Morgan fingerprint density at radius 3 is 2.18 bits per heavy atom. The summed E-state index contributed by atoms with van der Waals surface area (Å²) >= 11 is 0. The number of hydrogen-bond donors (Lipinski definition) is 3. The Hall–Kier alpha value is -3.66. The van der Waals surface area contributed by atoms with Crippen molar-refractivity contribution >= 4 is 11.8 Å². The predicted molar refractivity (Wildman–Crippen MR) is 171 cm³/mol. The van der Waals surface area contributed by atoms with E-state index >= 15 is 0 Å². The third-order valence-electron chi connectivity index (χ3n) is 7.40. The Labute approximate surface area is 260 Å². The summed E-state index contributed by atoms with van der Waals surface area (Å²) in [6.45, 7) is 8.29. The van der Waals surface area contributed by atoms with Gasteiger partial charge in [-0.3, -0.25) is 9.59 Å². The van der Waals surface area contributed by atoms with Crippen LogP contribution in [0, 0.1) is 11.6 Å². The molecule has 0 saturated carbocycles. The minimum Gasteiger partial charge on any atom is -0.390 e. The summed E-state index contributed by atoms with van der Waals surface area (Å²) in [6.07, 6.45) is 0.638. The number of amides is 2. The van der Waals surface area contributed by atoms with Crippen LogP contribution in [-0.2, 0) is 25.9 Å². The Morgan fingerprint density at radius 2 is 1.55 bits per heavy atom. The molecule has 44 heavy (non-hydrogen) atoms. The number of carbonyl (C=O) groups excluding carboxylic acids is 2. The normalized spacial score (nSPS) is 12.7. The molecule has 2 amide bonds. The second-order valence-electron chi connectivity index (χ2n) is 11.5. The predicted octanol–water partition coefficient (Wildman–Crippen LogP) is 4.95. The maximum absolute atomic E-state index is 14.0. The zero-order valence-corrected chi connectivity index (χ0v) is 26.5. The Balaban J connectivity index is 1.87. The summed E-state index contributed by atoms with van der Waals surface area (Å²) in [5.41, 5.74) is 4.03. The number of halogens is 2. The minimum absolute atomic E-state index is 0.00211. The lowest BCUT2D eigenvalue weighted by Gasteiger charge is -2.26. The van der Waals surface area contributed by atoms with Crippen LogP contribution in [0.2, 0.25) is 0 Å².